The molecule has 152 valence electrons. The Morgan fingerprint density at radius 1 is 0.897 bits per heavy atom. The van der Waals surface area contributed by atoms with Crippen LogP contribution in [0.15, 0.2) is 60.7 Å². The number of para-hydroxylation sites is 1. The fourth-order valence-electron chi connectivity index (χ4n) is 4.22. The number of carbonyl (C=O) groups is 2. The summed E-state index contributed by atoms with van der Waals surface area (Å²) >= 11 is 0. The fraction of sp³-hybridized carbons (Fsp3) is 0.417. The summed E-state index contributed by atoms with van der Waals surface area (Å²) in [5, 5.41) is 0. The van der Waals surface area contributed by atoms with Gasteiger partial charge < -0.3 is 9.80 Å². The van der Waals surface area contributed by atoms with Crippen LogP contribution in [0.25, 0.3) is 0 Å². The van der Waals surface area contributed by atoms with E-state index in [1.807, 2.05) is 48.2 Å². The number of hydrogen-bond donors (Lipinski definition) is 0. The van der Waals surface area contributed by atoms with E-state index in [-0.39, 0.29) is 23.7 Å². The maximum absolute atomic E-state index is 12.9. The number of rotatable bonds is 6. The summed E-state index contributed by atoms with van der Waals surface area (Å²) in [6.45, 7) is 6.80. The van der Waals surface area contributed by atoms with E-state index >= 15 is 0 Å². The first-order chi connectivity index (χ1) is 14.2. The molecule has 2 atom stereocenters. The monoisotopic (exact) mass is 391 g/mol. The van der Waals surface area contributed by atoms with E-state index in [4.69, 9.17) is 0 Å². The Morgan fingerprint density at radius 3 is 2.14 bits per heavy atom. The molecule has 2 amide bonds. The first-order valence-corrected chi connectivity index (χ1v) is 10.6. The van der Waals surface area contributed by atoms with Crippen LogP contribution in [0.5, 0.6) is 0 Å². The zero-order chi connectivity index (χ0) is 20.2. The van der Waals surface area contributed by atoms with Crippen molar-refractivity contribution < 1.29 is 9.59 Å². The van der Waals surface area contributed by atoms with Gasteiger partial charge >= 0.3 is 0 Å². The van der Waals surface area contributed by atoms with Crippen molar-refractivity contribution in [2.24, 2.45) is 11.8 Å². The lowest BCUT2D eigenvalue weighted by molar-refractivity contribution is -0.136. The van der Waals surface area contributed by atoms with E-state index in [2.05, 4.69) is 29.2 Å². The van der Waals surface area contributed by atoms with Crippen molar-refractivity contribution >= 4 is 17.5 Å². The maximum Gasteiger partial charge on any atom is 0.230 e. The number of amides is 2. The molecule has 4 rings (SSSR count). The van der Waals surface area contributed by atoms with Crippen molar-refractivity contribution in [1.82, 2.24) is 9.80 Å². The average molecular weight is 392 g/mol. The van der Waals surface area contributed by atoms with Crippen LogP contribution < -0.4 is 4.90 Å². The Labute approximate surface area is 172 Å². The van der Waals surface area contributed by atoms with E-state index in [9.17, 15) is 9.59 Å². The smallest absolute Gasteiger partial charge is 0.230 e. The van der Waals surface area contributed by atoms with Crippen LogP contribution in [0.1, 0.15) is 18.9 Å². The average Bonchev–Trinajstić information content (AvgIpc) is 3.57. The minimum Gasteiger partial charge on any atom is -0.340 e. The zero-order valence-corrected chi connectivity index (χ0v) is 17.0. The van der Waals surface area contributed by atoms with Gasteiger partial charge in [0, 0.05) is 45.0 Å². The molecule has 1 aliphatic carbocycles. The lowest BCUT2D eigenvalue weighted by atomic mass is 10.2. The predicted octanol–water partition coefficient (Wildman–Crippen LogP) is 3.02. The van der Waals surface area contributed by atoms with Crippen LogP contribution in [0.3, 0.4) is 0 Å². The lowest BCUT2D eigenvalue weighted by Gasteiger charge is -2.35. The molecule has 2 unspecified atom stereocenters. The molecular weight excluding hydrogens is 362 g/mol. The summed E-state index contributed by atoms with van der Waals surface area (Å²) in [5.41, 5.74) is 2.22. The molecule has 1 saturated carbocycles. The minimum atomic E-state index is -0.162. The highest BCUT2D eigenvalue weighted by Gasteiger charge is 2.51. The molecule has 0 bridgehead atoms. The highest BCUT2D eigenvalue weighted by atomic mass is 16.2. The summed E-state index contributed by atoms with van der Waals surface area (Å²) in [4.78, 5) is 32.0. The fourth-order valence-corrected chi connectivity index (χ4v) is 4.22. The van der Waals surface area contributed by atoms with Crippen molar-refractivity contribution in [3.8, 4) is 0 Å². The van der Waals surface area contributed by atoms with E-state index < -0.39 is 0 Å². The van der Waals surface area contributed by atoms with Gasteiger partial charge in [-0.25, -0.2) is 0 Å². The van der Waals surface area contributed by atoms with Crippen LogP contribution in [0.4, 0.5) is 5.69 Å². The van der Waals surface area contributed by atoms with E-state index in [0.717, 1.165) is 38.4 Å². The summed E-state index contributed by atoms with van der Waals surface area (Å²) < 4.78 is 0. The Balaban J connectivity index is 1.28. The van der Waals surface area contributed by atoms with Crippen molar-refractivity contribution in [3.63, 3.8) is 0 Å². The first-order valence-electron chi connectivity index (χ1n) is 10.6. The molecule has 2 aromatic carbocycles. The standard InChI is InChI=1S/C24H29N3O2/c1-2-27(20-11-7-4-8-12-20)24(29)22-17-21(22)23(28)26-15-13-25(14-16-26)18-19-9-5-3-6-10-19/h3-12,21-22H,2,13-18H2,1H3. The SMILES string of the molecule is CCN(C(=O)C1CC1C(=O)N1CCN(Cc2ccccc2)CC1)c1ccccc1. The van der Waals surface area contributed by atoms with Gasteiger partial charge in [0.25, 0.3) is 0 Å². The molecule has 5 heteroatoms. The third-order valence-corrected chi connectivity index (χ3v) is 6.01. The minimum absolute atomic E-state index is 0.0831. The molecule has 2 aliphatic rings. The largest absolute Gasteiger partial charge is 0.340 e. The highest BCUT2D eigenvalue weighted by Crippen LogP contribution is 2.42. The van der Waals surface area contributed by atoms with Gasteiger partial charge in [-0.05, 0) is 31.0 Å². The van der Waals surface area contributed by atoms with Crippen LogP contribution >= 0.6 is 0 Å². The highest BCUT2D eigenvalue weighted by molar-refractivity contribution is 6.01. The molecule has 1 saturated heterocycles. The first kappa shape index (κ1) is 19.6. The molecular formula is C24H29N3O2. The van der Waals surface area contributed by atoms with Crippen molar-refractivity contribution in [1.29, 1.82) is 0 Å². The predicted molar refractivity (Wildman–Crippen MR) is 114 cm³/mol. The van der Waals surface area contributed by atoms with Gasteiger partial charge in [-0.3, -0.25) is 14.5 Å². The Hall–Kier alpha value is -2.66. The van der Waals surface area contributed by atoms with Gasteiger partial charge in [-0.2, -0.15) is 0 Å². The van der Waals surface area contributed by atoms with Crippen molar-refractivity contribution in [2.75, 3.05) is 37.6 Å². The molecule has 2 fully saturated rings. The van der Waals surface area contributed by atoms with Gasteiger partial charge in [-0.1, -0.05) is 48.5 Å². The second-order valence-electron chi connectivity index (χ2n) is 7.95. The second-order valence-corrected chi connectivity index (χ2v) is 7.95. The van der Waals surface area contributed by atoms with Gasteiger partial charge in [0.05, 0.1) is 11.8 Å². The van der Waals surface area contributed by atoms with E-state index in [1.54, 1.807) is 4.90 Å². The van der Waals surface area contributed by atoms with Gasteiger partial charge in [-0.15, -0.1) is 0 Å². The van der Waals surface area contributed by atoms with Gasteiger partial charge in [0.1, 0.15) is 0 Å². The van der Waals surface area contributed by atoms with Crippen molar-refractivity contribution in [3.05, 3.63) is 66.2 Å². The Morgan fingerprint density at radius 2 is 1.52 bits per heavy atom. The molecule has 29 heavy (non-hydrogen) atoms. The molecule has 0 N–H and O–H groups in total. The van der Waals surface area contributed by atoms with Gasteiger partial charge in [0.2, 0.25) is 11.8 Å². The molecule has 2 aromatic rings. The normalized spacial score (nSPS) is 21.6. The van der Waals surface area contributed by atoms with Crippen LogP contribution in [-0.4, -0.2) is 54.3 Å². The number of carbonyl (C=O) groups excluding carboxylic acids is 2. The molecule has 0 radical (unpaired) electrons. The Bertz CT molecular complexity index is 832. The summed E-state index contributed by atoms with van der Waals surface area (Å²) in [6, 6.07) is 20.2. The number of benzene rings is 2. The lowest BCUT2D eigenvalue weighted by Crippen LogP contribution is -2.49. The zero-order valence-electron chi connectivity index (χ0n) is 17.0. The second kappa shape index (κ2) is 8.78. The number of nitrogens with zero attached hydrogens (tertiary/aromatic N) is 3. The number of piperazine rings is 1. The van der Waals surface area contributed by atoms with Crippen molar-refractivity contribution in [2.45, 2.75) is 19.9 Å². The number of hydrogen-bond acceptors (Lipinski definition) is 3. The third-order valence-electron chi connectivity index (χ3n) is 6.01. The van der Waals surface area contributed by atoms with Crippen LogP contribution in [0.2, 0.25) is 0 Å². The molecule has 5 nitrogen and oxygen atoms in total. The van der Waals surface area contributed by atoms with Crippen LogP contribution in [0, 0.1) is 11.8 Å². The molecule has 1 aliphatic heterocycles. The Kier molecular flexibility index (Phi) is 5.95. The third kappa shape index (κ3) is 4.51. The molecule has 0 aromatic heterocycles. The quantitative estimate of drug-likeness (QED) is 0.760. The van der Waals surface area contributed by atoms with Crippen LogP contribution in [-0.2, 0) is 16.1 Å². The van der Waals surface area contributed by atoms with Gasteiger partial charge in [0.15, 0.2) is 0 Å². The van der Waals surface area contributed by atoms with E-state index in [0.29, 0.717) is 13.0 Å². The van der Waals surface area contributed by atoms with E-state index in [1.165, 1.54) is 5.56 Å². The molecule has 0 spiro atoms. The number of anilines is 1. The molecule has 1 heterocycles. The maximum atomic E-state index is 12.9. The topological polar surface area (TPSA) is 43.9 Å². The summed E-state index contributed by atoms with van der Waals surface area (Å²) in [7, 11) is 0. The summed E-state index contributed by atoms with van der Waals surface area (Å²) in [6.07, 6.45) is 0.686. The summed E-state index contributed by atoms with van der Waals surface area (Å²) in [5.74, 6) is -0.0578.